The van der Waals surface area contributed by atoms with Gasteiger partial charge in [-0.1, -0.05) is 46.4 Å². The van der Waals surface area contributed by atoms with Gasteiger partial charge in [0.15, 0.2) is 0 Å². The fraction of sp³-hybridized carbons (Fsp3) is 0.552. The highest BCUT2D eigenvalue weighted by Gasteiger charge is 2.53. The van der Waals surface area contributed by atoms with Gasteiger partial charge >= 0.3 is 6.09 Å². The fourth-order valence-corrected chi connectivity index (χ4v) is 6.64. The molecule has 1 saturated carbocycles. The molecule has 0 N–H and O–H groups in total. The van der Waals surface area contributed by atoms with E-state index in [9.17, 15) is 14.5 Å². The number of piperidine rings is 1. The second-order valence-corrected chi connectivity index (χ2v) is 12.5. The smallest absolute Gasteiger partial charge is 0.410 e. The van der Waals surface area contributed by atoms with E-state index in [0.29, 0.717) is 24.3 Å². The van der Waals surface area contributed by atoms with Gasteiger partial charge in [0.1, 0.15) is 12.1 Å². The molecule has 38 heavy (non-hydrogen) atoms. The maximum Gasteiger partial charge on any atom is 0.410 e. The normalized spacial score (nSPS) is 19.5. The molecule has 3 heterocycles. The number of benzene rings is 1. The summed E-state index contributed by atoms with van der Waals surface area (Å²) in [6, 6.07) is 9.69. The van der Waals surface area contributed by atoms with Crippen molar-refractivity contribution in [3.05, 3.63) is 56.7 Å². The highest BCUT2D eigenvalue weighted by Crippen LogP contribution is 2.53. The van der Waals surface area contributed by atoms with Crippen molar-refractivity contribution >= 4 is 39.3 Å². The molecule has 0 radical (unpaired) electrons. The number of pyridine rings is 1. The van der Waals surface area contributed by atoms with Gasteiger partial charge in [-0.2, -0.15) is 4.91 Å². The zero-order valence-electron chi connectivity index (χ0n) is 22.3. The summed E-state index contributed by atoms with van der Waals surface area (Å²) in [4.78, 5) is 46.8. The lowest BCUT2D eigenvalue weighted by Gasteiger charge is -2.34. The van der Waals surface area contributed by atoms with Crippen LogP contribution in [0.25, 0.3) is 0 Å². The Bertz CT molecular complexity index is 1240. The molecule has 2 aromatic rings. The van der Waals surface area contributed by atoms with Crippen LogP contribution in [0.3, 0.4) is 0 Å². The first kappa shape index (κ1) is 26.8. The summed E-state index contributed by atoms with van der Waals surface area (Å²) in [7, 11) is 0. The largest absolute Gasteiger partial charge is 0.444 e. The first-order valence-electron chi connectivity index (χ1n) is 13.5. The van der Waals surface area contributed by atoms with Crippen molar-refractivity contribution in [3.63, 3.8) is 0 Å². The summed E-state index contributed by atoms with van der Waals surface area (Å²) in [6.07, 6.45) is 5.98. The Kier molecular flexibility index (Phi) is 7.33. The van der Waals surface area contributed by atoms with Crippen LogP contribution in [0.2, 0.25) is 0 Å². The van der Waals surface area contributed by atoms with Crippen molar-refractivity contribution in [2.24, 2.45) is 5.18 Å². The molecule has 1 spiro atoms. The predicted octanol–water partition coefficient (Wildman–Crippen LogP) is 7.11. The number of hydrogen-bond acceptors (Lipinski definition) is 6. The van der Waals surface area contributed by atoms with E-state index in [-0.39, 0.29) is 24.5 Å². The van der Waals surface area contributed by atoms with Crippen molar-refractivity contribution in [1.29, 1.82) is 0 Å². The van der Waals surface area contributed by atoms with Crippen molar-refractivity contribution < 1.29 is 14.3 Å². The quantitative estimate of drug-likeness (QED) is 0.358. The van der Waals surface area contributed by atoms with Crippen molar-refractivity contribution in [2.75, 3.05) is 18.0 Å². The van der Waals surface area contributed by atoms with Crippen LogP contribution in [-0.4, -0.2) is 40.6 Å². The molecule has 0 atom stereocenters. The van der Waals surface area contributed by atoms with Gasteiger partial charge in [-0.3, -0.25) is 14.7 Å². The third-order valence-corrected chi connectivity index (χ3v) is 8.77. The Labute approximate surface area is 232 Å². The summed E-state index contributed by atoms with van der Waals surface area (Å²) in [5.41, 5.74) is 2.88. The summed E-state index contributed by atoms with van der Waals surface area (Å²) in [5, 5.41) is 3.13. The van der Waals surface area contributed by atoms with Crippen molar-refractivity contribution in [3.8, 4) is 0 Å². The van der Waals surface area contributed by atoms with Gasteiger partial charge in [0.25, 0.3) is 0 Å². The number of amides is 2. The monoisotopic (exact) mass is 582 g/mol. The van der Waals surface area contributed by atoms with Gasteiger partial charge in [0.2, 0.25) is 5.91 Å². The molecule has 2 fully saturated rings. The number of carbonyl (C=O) groups is 2. The molecule has 9 heteroatoms. The topological polar surface area (TPSA) is 92.2 Å². The SMILES string of the molecule is CC(C)(C)OC(=O)N1CCC(c2ccc3c(n2)C2(CCCCC2)C(=O)N3c2cccc(Br)c2CN=O)CC1. The van der Waals surface area contributed by atoms with E-state index in [0.717, 1.165) is 66.5 Å². The molecule has 3 aliphatic rings. The summed E-state index contributed by atoms with van der Waals surface area (Å²) >= 11 is 3.55. The lowest BCUT2D eigenvalue weighted by Crippen LogP contribution is -2.41. The Morgan fingerprint density at radius 2 is 1.82 bits per heavy atom. The van der Waals surface area contributed by atoms with Gasteiger partial charge < -0.3 is 9.64 Å². The number of carbonyl (C=O) groups excluding carboxylic acids is 2. The van der Waals surface area contributed by atoms with Crippen molar-refractivity contribution in [2.45, 2.75) is 89.2 Å². The molecule has 1 aromatic heterocycles. The number of rotatable bonds is 4. The maximum absolute atomic E-state index is 14.2. The van der Waals surface area contributed by atoms with E-state index < -0.39 is 11.0 Å². The molecule has 8 nitrogen and oxygen atoms in total. The van der Waals surface area contributed by atoms with Crippen LogP contribution in [-0.2, 0) is 21.5 Å². The summed E-state index contributed by atoms with van der Waals surface area (Å²) in [5.74, 6) is 0.256. The molecule has 1 aromatic carbocycles. The van der Waals surface area contributed by atoms with E-state index in [2.05, 4.69) is 21.1 Å². The van der Waals surface area contributed by atoms with Gasteiger partial charge in [0.05, 0.1) is 22.5 Å². The number of ether oxygens (including phenoxy) is 1. The highest BCUT2D eigenvalue weighted by molar-refractivity contribution is 9.10. The lowest BCUT2D eigenvalue weighted by atomic mass is 9.72. The molecule has 2 amide bonds. The summed E-state index contributed by atoms with van der Waals surface area (Å²) in [6.45, 7) is 6.85. The zero-order chi connectivity index (χ0) is 27.1. The van der Waals surface area contributed by atoms with Crippen LogP contribution in [0, 0.1) is 4.91 Å². The third-order valence-electron chi connectivity index (χ3n) is 8.03. The number of likely N-dealkylation sites (tertiary alicyclic amines) is 1. The van der Waals surface area contributed by atoms with E-state index in [1.165, 1.54) is 0 Å². The standard InChI is InChI=1S/C29H35BrN4O4/c1-28(2,3)38-27(36)33-16-12-19(13-17-33)22-10-11-24-25(32-22)29(14-5-4-6-15-29)26(35)34(24)23-9-7-8-21(30)20(23)18-31-37/h7-11,19H,4-6,12-18H2,1-3H3. The first-order chi connectivity index (χ1) is 18.1. The number of nitroso groups, excluding NO2 is 1. The molecular formula is C29H35BrN4O4. The van der Waals surface area contributed by atoms with Crippen LogP contribution >= 0.6 is 15.9 Å². The molecule has 5 rings (SSSR count). The summed E-state index contributed by atoms with van der Waals surface area (Å²) < 4.78 is 6.31. The second kappa shape index (κ2) is 10.4. The average molecular weight is 584 g/mol. The number of aromatic nitrogens is 1. The number of hydrogen-bond donors (Lipinski definition) is 0. The molecule has 1 saturated heterocycles. The van der Waals surface area contributed by atoms with Gasteiger partial charge in [-0.25, -0.2) is 4.79 Å². The van der Waals surface area contributed by atoms with E-state index in [1.807, 2.05) is 51.1 Å². The maximum atomic E-state index is 14.2. The molecular weight excluding hydrogens is 548 g/mol. The number of halogens is 1. The Balaban J connectivity index is 1.47. The van der Waals surface area contributed by atoms with E-state index in [1.54, 1.807) is 9.80 Å². The van der Waals surface area contributed by atoms with Crippen LogP contribution in [0.15, 0.2) is 40.0 Å². The Hall–Kier alpha value is -2.81. The van der Waals surface area contributed by atoms with Gasteiger partial charge in [-0.15, -0.1) is 0 Å². The lowest BCUT2D eigenvalue weighted by molar-refractivity contribution is -0.123. The van der Waals surface area contributed by atoms with Crippen LogP contribution in [0.1, 0.15) is 88.6 Å². The first-order valence-corrected chi connectivity index (χ1v) is 14.3. The van der Waals surface area contributed by atoms with Gasteiger partial charge in [-0.05, 0) is 70.7 Å². The third kappa shape index (κ3) is 4.85. The second-order valence-electron chi connectivity index (χ2n) is 11.7. The minimum Gasteiger partial charge on any atom is -0.444 e. The Morgan fingerprint density at radius 1 is 1.11 bits per heavy atom. The van der Waals surface area contributed by atoms with E-state index in [4.69, 9.17) is 9.72 Å². The number of fused-ring (bicyclic) bond motifs is 2. The predicted molar refractivity (Wildman–Crippen MR) is 150 cm³/mol. The molecule has 0 unspecified atom stereocenters. The molecule has 0 bridgehead atoms. The minimum atomic E-state index is -0.644. The van der Waals surface area contributed by atoms with Crippen LogP contribution in [0.5, 0.6) is 0 Å². The fourth-order valence-electron chi connectivity index (χ4n) is 6.16. The number of nitrogens with zero attached hydrogens (tertiary/aromatic N) is 4. The van der Waals surface area contributed by atoms with E-state index >= 15 is 0 Å². The van der Waals surface area contributed by atoms with Crippen LogP contribution in [0.4, 0.5) is 16.2 Å². The van der Waals surface area contributed by atoms with Crippen molar-refractivity contribution in [1.82, 2.24) is 9.88 Å². The Morgan fingerprint density at radius 3 is 2.47 bits per heavy atom. The molecule has 202 valence electrons. The van der Waals surface area contributed by atoms with Gasteiger partial charge in [0, 0.05) is 34.7 Å². The average Bonchev–Trinajstić information content (AvgIpc) is 3.11. The van der Waals surface area contributed by atoms with Crippen LogP contribution < -0.4 is 4.90 Å². The minimum absolute atomic E-state index is 0.0232. The highest BCUT2D eigenvalue weighted by atomic mass is 79.9. The number of anilines is 2. The zero-order valence-corrected chi connectivity index (χ0v) is 23.9. The molecule has 1 aliphatic carbocycles. The molecule has 2 aliphatic heterocycles.